The van der Waals surface area contributed by atoms with E-state index in [0.717, 1.165) is 36.5 Å². The number of hydrogen-bond donors (Lipinski definition) is 2. The summed E-state index contributed by atoms with van der Waals surface area (Å²) in [7, 11) is 0. The topological polar surface area (TPSA) is 50.7 Å². The molecule has 0 aromatic heterocycles. The van der Waals surface area contributed by atoms with Crippen LogP contribution in [0.15, 0.2) is 18.2 Å². The van der Waals surface area contributed by atoms with Gasteiger partial charge < -0.3 is 19.9 Å². The quantitative estimate of drug-likeness (QED) is 0.817. The number of rotatable bonds is 6. The molecule has 0 amide bonds. The van der Waals surface area contributed by atoms with Gasteiger partial charge in [-0.2, -0.15) is 0 Å². The highest BCUT2D eigenvalue weighted by molar-refractivity contribution is 5.35. The fourth-order valence-electron chi connectivity index (χ4n) is 2.11. The molecular weight excluding hydrogens is 242 g/mol. The first-order valence-electron chi connectivity index (χ1n) is 6.84. The summed E-state index contributed by atoms with van der Waals surface area (Å²) in [6, 6.07) is 6.46. The van der Waals surface area contributed by atoms with E-state index in [1.54, 1.807) is 0 Å². The van der Waals surface area contributed by atoms with Gasteiger partial charge in [0.05, 0.1) is 6.61 Å². The molecule has 0 aliphatic carbocycles. The summed E-state index contributed by atoms with van der Waals surface area (Å²) in [6.45, 7) is 6.45. The fraction of sp³-hybridized carbons (Fsp3) is 0.600. The van der Waals surface area contributed by atoms with Crippen molar-refractivity contribution in [3.63, 3.8) is 0 Å². The average molecular weight is 265 g/mol. The van der Waals surface area contributed by atoms with Gasteiger partial charge in [0.25, 0.3) is 0 Å². The summed E-state index contributed by atoms with van der Waals surface area (Å²) in [6.07, 6.45) is 0.519. The molecule has 4 heteroatoms. The largest absolute Gasteiger partial charge is 0.491 e. The van der Waals surface area contributed by atoms with Gasteiger partial charge in [0.15, 0.2) is 0 Å². The van der Waals surface area contributed by atoms with E-state index in [1.807, 2.05) is 26.0 Å². The van der Waals surface area contributed by atoms with Crippen molar-refractivity contribution in [3.05, 3.63) is 29.3 Å². The summed E-state index contributed by atoms with van der Waals surface area (Å²) in [5.74, 6) is 0.850. The molecule has 4 nitrogen and oxygen atoms in total. The van der Waals surface area contributed by atoms with E-state index in [9.17, 15) is 5.11 Å². The van der Waals surface area contributed by atoms with Crippen LogP contribution in [0.25, 0.3) is 0 Å². The zero-order valence-electron chi connectivity index (χ0n) is 11.7. The summed E-state index contributed by atoms with van der Waals surface area (Å²) >= 11 is 0. The molecule has 1 aromatic carbocycles. The highest BCUT2D eigenvalue weighted by Crippen LogP contribution is 2.19. The maximum Gasteiger partial charge on any atom is 0.122 e. The van der Waals surface area contributed by atoms with Crippen LogP contribution in [0.4, 0.5) is 0 Å². The van der Waals surface area contributed by atoms with Crippen LogP contribution < -0.4 is 10.1 Å². The maximum absolute atomic E-state index is 9.90. The molecule has 0 spiro atoms. The van der Waals surface area contributed by atoms with Gasteiger partial charge in [0, 0.05) is 19.2 Å². The molecule has 1 aliphatic heterocycles. The van der Waals surface area contributed by atoms with E-state index >= 15 is 0 Å². The molecule has 2 N–H and O–H groups in total. The zero-order chi connectivity index (χ0) is 13.7. The molecular formula is C15H23NO3. The van der Waals surface area contributed by atoms with Gasteiger partial charge in [-0.25, -0.2) is 0 Å². The minimum atomic E-state index is -0.500. The van der Waals surface area contributed by atoms with Crippen molar-refractivity contribution < 1.29 is 14.6 Å². The van der Waals surface area contributed by atoms with E-state index in [1.165, 1.54) is 0 Å². The van der Waals surface area contributed by atoms with Gasteiger partial charge >= 0.3 is 0 Å². The Labute approximate surface area is 114 Å². The van der Waals surface area contributed by atoms with Crippen molar-refractivity contribution in [1.82, 2.24) is 5.32 Å². The maximum atomic E-state index is 9.90. The van der Waals surface area contributed by atoms with E-state index in [-0.39, 0.29) is 0 Å². The third kappa shape index (κ3) is 4.49. The number of aliphatic hydroxyl groups is 1. The molecule has 0 saturated carbocycles. The standard InChI is InChI=1S/C15H23NO3/c1-11-3-4-12(2)15(7-11)19-10-14(17)8-16-13-5-6-18-9-13/h3-4,7,13-14,16-17H,5-6,8-10H2,1-2H3. The Morgan fingerprint density at radius 2 is 2.32 bits per heavy atom. The Morgan fingerprint density at radius 3 is 3.05 bits per heavy atom. The van der Waals surface area contributed by atoms with Crippen LogP contribution >= 0.6 is 0 Å². The van der Waals surface area contributed by atoms with Gasteiger partial charge in [-0.1, -0.05) is 12.1 Å². The summed E-state index contributed by atoms with van der Waals surface area (Å²) in [5.41, 5.74) is 2.26. The summed E-state index contributed by atoms with van der Waals surface area (Å²) in [5, 5.41) is 13.2. The number of hydrogen-bond acceptors (Lipinski definition) is 4. The lowest BCUT2D eigenvalue weighted by molar-refractivity contribution is 0.102. The average Bonchev–Trinajstić information content (AvgIpc) is 2.90. The third-order valence-electron chi connectivity index (χ3n) is 3.35. The lowest BCUT2D eigenvalue weighted by Crippen LogP contribution is -2.38. The highest BCUT2D eigenvalue weighted by atomic mass is 16.5. The Morgan fingerprint density at radius 1 is 1.47 bits per heavy atom. The first-order chi connectivity index (χ1) is 9.15. The predicted molar refractivity (Wildman–Crippen MR) is 74.6 cm³/mol. The number of ether oxygens (including phenoxy) is 2. The third-order valence-corrected chi connectivity index (χ3v) is 3.35. The van der Waals surface area contributed by atoms with Crippen molar-refractivity contribution in [3.8, 4) is 5.75 Å². The summed E-state index contributed by atoms with van der Waals surface area (Å²) in [4.78, 5) is 0. The molecule has 106 valence electrons. The van der Waals surface area contributed by atoms with Crippen LogP contribution in [0.5, 0.6) is 5.75 Å². The van der Waals surface area contributed by atoms with Crippen molar-refractivity contribution in [2.75, 3.05) is 26.4 Å². The van der Waals surface area contributed by atoms with E-state index < -0.39 is 6.10 Å². The van der Waals surface area contributed by atoms with Crippen LogP contribution in [0, 0.1) is 13.8 Å². The molecule has 19 heavy (non-hydrogen) atoms. The number of aliphatic hydroxyl groups excluding tert-OH is 1. The molecule has 2 atom stereocenters. The van der Waals surface area contributed by atoms with Crippen molar-refractivity contribution >= 4 is 0 Å². The van der Waals surface area contributed by atoms with E-state index in [0.29, 0.717) is 19.2 Å². The number of benzene rings is 1. The van der Waals surface area contributed by atoms with Crippen molar-refractivity contribution in [2.45, 2.75) is 32.4 Å². The molecule has 1 saturated heterocycles. The minimum Gasteiger partial charge on any atom is -0.491 e. The first-order valence-corrected chi connectivity index (χ1v) is 6.84. The predicted octanol–water partition coefficient (Wildman–Crippen LogP) is 1.42. The van der Waals surface area contributed by atoms with Crippen LogP contribution in [0.3, 0.4) is 0 Å². The lowest BCUT2D eigenvalue weighted by Gasteiger charge is -2.17. The SMILES string of the molecule is Cc1ccc(C)c(OCC(O)CNC2CCOC2)c1. The Hall–Kier alpha value is -1.10. The second-order valence-electron chi connectivity index (χ2n) is 5.20. The molecule has 2 unspecified atom stereocenters. The van der Waals surface area contributed by atoms with Gasteiger partial charge in [0.1, 0.15) is 18.5 Å². The molecule has 0 radical (unpaired) electrons. The van der Waals surface area contributed by atoms with E-state index in [2.05, 4.69) is 11.4 Å². The van der Waals surface area contributed by atoms with Crippen LogP contribution in [0.2, 0.25) is 0 Å². The second-order valence-corrected chi connectivity index (χ2v) is 5.20. The summed E-state index contributed by atoms with van der Waals surface area (Å²) < 4.78 is 10.9. The Balaban J connectivity index is 1.73. The fourth-order valence-corrected chi connectivity index (χ4v) is 2.11. The number of nitrogens with one attached hydrogen (secondary N) is 1. The monoisotopic (exact) mass is 265 g/mol. The lowest BCUT2D eigenvalue weighted by atomic mass is 10.1. The second kappa shape index (κ2) is 6.89. The van der Waals surface area contributed by atoms with Crippen molar-refractivity contribution in [2.24, 2.45) is 0 Å². The van der Waals surface area contributed by atoms with E-state index in [4.69, 9.17) is 9.47 Å². The molecule has 0 bridgehead atoms. The Kier molecular flexibility index (Phi) is 5.19. The van der Waals surface area contributed by atoms with Gasteiger partial charge in [0.2, 0.25) is 0 Å². The van der Waals surface area contributed by atoms with Gasteiger partial charge in [-0.3, -0.25) is 0 Å². The molecule has 1 aliphatic rings. The van der Waals surface area contributed by atoms with Crippen LogP contribution in [-0.4, -0.2) is 43.6 Å². The zero-order valence-corrected chi connectivity index (χ0v) is 11.7. The molecule has 1 aromatic rings. The number of aryl methyl sites for hydroxylation is 2. The Bertz CT molecular complexity index is 402. The molecule has 2 rings (SSSR count). The smallest absolute Gasteiger partial charge is 0.122 e. The molecule has 1 heterocycles. The van der Waals surface area contributed by atoms with Gasteiger partial charge in [-0.05, 0) is 37.5 Å². The van der Waals surface area contributed by atoms with Crippen molar-refractivity contribution in [1.29, 1.82) is 0 Å². The van der Waals surface area contributed by atoms with Gasteiger partial charge in [-0.15, -0.1) is 0 Å². The molecule has 1 fully saturated rings. The first kappa shape index (κ1) is 14.3. The normalized spacial score (nSPS) is 20.5. The van der Waals surface area contributed by atoms with Crippen LogP contribution in [0.1, 0.15) is 17.5 Å². The van der Waals surface area contributed by atoms with Crippen LogP contribution in [-0.2, 0) is 4.74 Å². The minimum absolute atomic E-state index is 0.310. The highest BCUT2D eigenvalue weighted by Gasteiger charge is 2.16.